The molecule has 0 saturated carbocycles. The summed E-state index contributed by atoms with van der Waals surface area (Å²) in [7, 11) is 0. The zero-order chi connectivity index (χ0) is 9.73. The third-order valence-corrected chi connectivity index (χ3v) is 2.77. The third kappa shape index (κ3) is 2.71. The van der Waals surface area contributed by atoms with Gasteiger partial charge in [-0.1, -0.05) is 26.7 Å². The molecule has 0 amide bonds. The van der Waals surface area contributed by atoms with E-state index in [0.29, 0.717) is 6.42 Å². The molecule has 0 aromatic rings. The SMILES string of the molecule is CCCCC1(CCCC)CC(=O)O1. The first-order valence-electron chi connectivity index (χ1n) is 5.44. The number of cyclic esters (lactones) is 1. The highest BCUT2D eigenvalue weighted by Gasteiger charge is 2.44. The van der Waals surface area contributed by atoms with Crippen LogP contribution in [0.5, 0.6) is 0 Å². The van der Waals surface area contributed by atoms with Crippen molar-refractivity contribution in [2.75, 3.05) is 0 Å². The van der Waals surface area contributed by atoms with Crippen LogP contribution >= 0.6 is 0 Å². The summed E-state index contributed by atoms with van der Waals surface area (Å²) in [5.41, 5.74) is -0.0525. The Morgan fingerprint density at radius 2 is 1.69 bits per heavy atom. The summed E-state index contributed by atoms with van der Waals surface area (Å²) in [6.07, 6.45) is 7.52. The fourth-order valence-electron chi connectivity index (χ4n) is 1.90. The summed E-state index contributed by atoms with van der Waals surface area (Å²) in [5, 5.41) is 0. The highest BCUT2D eigenvalue weighted by molar-refractivity contribution is 5.76. The first-order valence-corrected chi connectivity index (χ1v) is 5.44. The molecule has 76 valence electrons. The van der Waals surface area contributed by atoms with E-state index in [1.165, 1.54) is 25.7 Å². The molecule has 0 N–H and O–H groups in total. The third-order valence-electron chi connectivity index (χ3n) is 2.77. The van der Waals surface area contributed by atoms with Crippen molar-refractivity contribution < 1.29 is 9.53 Å². The number of carbonyl (C=O) groups excluding carboxylic acids is 1. The minimum absolute atomic E-state index is 0.00722. The molecule has 1 heterocycles. The molecular weight excluding hydrogens is 164 g/mol. The number of ether oxygens (including phenoxy) is 1. The Kier molecular flexibility index (Phi) is 3.76. The highest BCUT2D eigenvalue weighted by Crippen LogP contribution is 2.37. The van der Waals surface area contributed by atoms with E-state index in [4.69, 9.17) is 4.74 Å². The Morgan fingerprint density at radius 1 is 1.23 bits per heavy atom. The molecule has 0 spiro atoms. The predicted octanol–water partition coefficient (Wildman–Crippen LogP) is 3.05. The Hall–Kier alpha value is -0.530. The maximum Gasteiger partial charge on any atom is 0.310 e. The number of hydrogen-bond donors (Lipinski definition) is 0. The molecule has 13 heavy (non-hydrogen) atoms. The van der Waals surface area contributed by atoms with Crippen molar-refractivity contribution in [1.29, 1.82) is 0 Å². The Balaban J connectivity index is 2.31. The topological polar surface area (TPSA) is 26.3 Å². The van der Waals surface area contributed by atoms with Gasteiger partial charge in [0.1, 0.15) is 5.60 Å². The van der Waals surface area contributed by atoms with E-state index in [9.17, 15) is 4.79 Å². The molecule has 0 radical (unpaired) electrons. The lowest BCUT2D eigenvalue weighted by molar-refractivity contribution is -0.194. The van der Waals surface area contributed by atoms with Crippen molar-refractivity contribution in [2.24, 2.45) is 0 Å². The van der Waals surface area contributed by atoms with Crippen LogP contribution in [0, 0.1) is 0 Å². The van der Waals surface area contributed by atoms with E-state index < -0.39 is 0 Å². The van der Waals surface area contributed by atoms with E-state index in [-0.39, 0.29) is 11.6 Å². The van der Waals surface area contributed by atoms with Gasteiger partial charge < -0.3 is 4.74 Å². The lowest BCUT2D eigenvalue weighted by Crippen LogP contribution is -2.47. The Morgan fingerprint density at radius 3 is 2.00 bits per heavy atom. The number of hydrogen-bond acceptors (Lipinski definition) is 2. The van der Waals surface area contributed by atoms with Gasteiger partial charge in [-0.25, -0.2) is 0 Å². The average Bonchev–Trinajstić information content (AvgIpc) is 2.08. The molecule has 2 heteroatoms. The number of carbonyl (C=O) groups is 1. The van der Waals surface area contributed by atoms with Crippen LogP contribution in [0.1, 0.15) is 58.8 Å². The van der Waals surface area contributed by atoms with Crippen LogP contribution in [-0.4, -0.2) is 11.6 Å². The second-order valence-corrected chi connectivity index (χ2v) is 4.04. The molecule has 1 saturated heterocycles. The highest BCUT2D eigenvalue weighted by atomic mass is 16.6. The van der Waals surface area contributed by atoms with Crippen molar-refractivity contribution in [3.63, 3.8) is 0 Å². The van der Waals surface area contributed by atoms with Crippen molar-refractivity contribution in [2.45, 2.75) is 64.4 Å². The number of esters is 1. The van der Waals surface area contributed by atoms with E-state index in [2.05, 4.69) is 13.8 Å². The van der Waals surface area contributed by atoms with E-state index >= 15 is 0 Å². The molecule has 0 bridgehead atoms. The standard InChI is InChI=1S/C11H20O2/c1-3-5-7-11(8-6-4-2)9-10(12)13-11/h3-9H2,1-2H3. The largest absolute Gasteiger partial charge is 0.458 e. The summed E-state index contributed by atoms with van der Waals surface area (Å²) in [5.74, 6) is -0.00722. The zero-order valence-electron chi connectivity index (χ0n) is 8.77. The van der Waals surface area contributed by atoms with Crippen LogP contribution in [0.3, 0.4) is 0 Å². The summed E-state index contributed by atoms with van der Waals surface area (Å²) in [6, 6.07) is 0. The van der Waals surface area contributed by atoms with Gasteiger partial charge in [0, 0.05) is 0 Å². The summed E-state index contributed by atoms with van der Waals surface area (Å²) >= 11 is 0. The first-order chi connectivity index (χ1) is 6.22. The van der Waals surface area contributed by atoms with Gasteiger partial charge in [-0.05, 0) is 25.7 Å². The van der Waals surface area contributed by atoms with Crippen molar-refractivity contribution in [3.8, 4) is 0 Å². The van der Waals surface area contributed by atoms with E-state index in [0.717, 1.165) is 12.8 Å². The van der Waals surface area contributed by atoms with Crippen LogP contribution in [0.2, 0.25) is 0 Å². The van der Waals surface area contributed by atoms with Crippen molar-refractivity contribution in [1.82, 2.24) is 0 Å². The van der Waals surface area contributed by atoms with Crippen molar-refractivity contribution >= 4 is 5.97 Å². The monoisotopic (exact) mass is 184 g/mol. The molecule has 1 rings (SSSR count). The second kappa shape index (κ2) is 4.64. The molecule has 1 aliphatic heterocycles. The summed E-state index contributed by atoms with van der Waals surface area (Å²) in [4.78, 5) is 10.8. The van der Waals surface area contributed by atoms with Gasteiger partial charge >= 0.3 is 5.97 Å². The minimum Gasteiger partial charge on any atom is -0.458 e. The normalized spacial score (nSPS) is 19.4. The lowest BCUT2D eigenvalue weighted by atomic mass is 9.84. The zero-order valence-corrected chi connectivity index (χ0v) is 8.77. The smallest absolute Gasteiger partial charge is 0.310 e. The van der Waals surface area contributed by atoms with Gasteiger partial charge in [0.05, 0.1) is 6.42 Å². The maximum absolute atomic E-state index is 10.8. The molecule has 2 nitrogen and oxygen atoms in total. The summed E-state index contributed by atoms with van der Waals surface area (Å²) < 4.78 is 5.29. The maximum atomic E-state index is 10.8. The minimum atomic E-state index is -0.0525. The lowest BCUT2D eigenvalue weighted by Gasteiger charge is -2.40. The van der Waals surface area contributed by atoms with Crippen molar-refractivity contribution in [3.05, 3.63) is 0 Å². The van der Waals surface area contributed by atoms with Gasteiger partial charge in [-0.3, -0.25) is 4.79 Å². The van der Waals surface area contributed by atoms with Gasteiger partial charge in [0.25, 0.3) is 0 Å². The van der Waals surface area contributed by atoms with Gasteiger partial charge in [-0.15, -0.1) is 0 Å². The van der Waals surface area contributed by atoms with Crippen LogP contribution in [0.25, 0.3) is 0 Å². The molecular formula is C11H20O2. The fourth-order valence-corrected chi connectivity index (χ4v) is 1.90. The van der Waals surface area contributed by atoms with Gasteiger partial charge in [0.15, 0.2) is 0 Å². The molecule has 1 fully saturated rings. The molecule has 1 aliphatic rings. The van der Waals surface area contributed by atoms with Crippen LogP contribution in [0.15, 0.2) is 0 Å². The Bertz CT molecular complexity index is 157. The average molecular weight is 184 g/mol. The molecule has 0 aromatic heterocycles. The number of rotatable bonds is 6. The second-order valence-electron chi connectivity index (χ2n) is 4.04. The first kappa shape index (κ1) is 10.6. The quantitative estimate of drug-likeness (QED) is 0.593. The molecule has 0 aliphatic carbocycles. The van der Waals surface area contributed by atoms with Crippen LogP contribution in [0.4, 0.5) is 0 Å². The number of unbranched alkanes of at least 4 members (excludes halogenated alkanes) is 2. The van der Waals surface area contributed by atoms with Crippen LogP contribution in [-0.2, 0) is 9.53 Å². The predicted molar refractivity (Wildman–Crippen MR) is 52.5 cm³/mol. The summed E-state index contributed by atoms with van der Waals surface area (Å²) in [6.45, 7) is 4.35. The van der Waals surface area contributed by atoms with Gasteiger partial charge in [-0.2, -0.15) is 0 Å². The molecule has 0 atom stereocenters. The van der Waals surface area contributed by atoms with Crippen LogP contribution < -0.4 is 0 Å². The van der Waals surface area contributed by atoms with E-state index in [1.54, 1.807) is 0 Å². The molecule has 0 unspecified atom stereocenters. The van der Waals surface area contributed by atoms with E-state index in [1.807, 2.05) is 0 Å². The van der Waals surface area contributed by atoms with Gasteiger partial charge in [0.2, 0.25) is 0 Å². The molecule has 0 aromatic carbocycles. The fraction of sp³-hybridized carbons (Fsp3) is 0.909. The Labute approximate surface area is 80.7 Å².